The van der Waals surface area contributed by atoms with Crippen LogP contribution in [-0.4, -0.2) is 29.1 Å². The fraction of sp³-hybridized carbons (Fsp3) is 0.467. The highest BCUT2D eigenvalue weighted by Gasteiger charge is 2.20. The van der Waals surface area contributed by atoms with Crippen LogP contribution in [0.25, 0.3) is 0 Å². The number of carboxylic acid groups (broad SMARTS) is 1. The monoisotopic (exact) mass is 258 g/mol. The lowest BCUT2D eigenvalue weighted by atomic mass is 9.94. The molecule has 0 spiro atoms. The number of fused-ring (bicyclic) bond motifs is 1. The van der Waals surface area contributed by atoms with Gasteiger partial charge >= 0.3 is 5.97 Å². The first kappa shape index (κ1) is 13.6. The van der Waals surface area contributed by atoms with Crippen LogP contribution >= 0.6 is 0 Å². The molecule has 0 saturated heterocycles. The maximum Gasteiger partial charge on any atom is 0.335 e. The number of carbonyl (C=O) groups is 1. The number of hydrogen-bond acceptors (Lipinski definition) is 3. The normalized spacial score (nSPS) is 14.7. The summed E-state index contributed by atoms with van der Waals surface area (Å²) in [6.07, 6.45) is 3.39. The van der Waals surface area contributed by atoms with E-state index in [1.54, 1.807) is 6.07 Å². The highest BCUT2D eigenvalue weighted by atomic mass is 16.4. The van der Waals surface area contributed by atoms with Crippen LogP contribution in [-0.2, 0) is 13.0 Å². The molecule has 100 valence electrons. The van der Waals surface area contributed by atoms with Crippen LogP contribution < -0.4 is 0 Å². The Morgan fingerprint density at radius 1 is 1.42 bits per heavy atom. The van der Waals surface area contributed by atoms with Crippen molar-refractivity contribution in [1.82, 2.24) is 4.90 Å². The summed E-state index contributed by atoms with van der Waals surface area (Å²) in [5.74, 6) is -0.834. The molecular formula is C15H18N2O2. The van der Waals surface area contributed by atoms with Crippen LogP contribution in [0, 0.1) is 11.3 Å². The van der Waals surface area contributed by atoms with Gasteiger partial charge in [0.05, 0.1) is 11.6 Å². The third-order valence-corrected chi connectivity index (χ3v) is 3.59. The molecule has 1 N–H and O–H groups in total. The molecule has 0 fully saturated rings. The van der Waals surface area contributed by atoms with Crippen molar-refractivity contribution in [2.24, 2.45) is 0 Å². The number of carboxylic acids is 1. The third-order valence-electron chi connectivity index (χ3n) is 3.59. The number of rotatable bonds is 5. The molecule has 1 aromatic rings. The summed E-state index contributed by atoms with van der Waals surface area (Å²) in [4.78, 5) is 13.5. The van der Waals surface area contributed by atoms with Gasteiger partial charge in [0.2, 0.25) is 0 Å². The molecular weight excluding hydrogens is 240 g/mol. The molecule has 0 bridgehead atoms. The smallest absolute Gasteiger partial charge is 0.335 e. The van der Waals surface area contributed by atoms with Crippen LogP contribution in [0.15, 0.2) is 18.2 Å². The van der Waals surface area contributed by atoms with Gasteiger partial charge in [-0.2, -0.15) is 5.26 Å². The summed E-state index contributed by atoms with van der Waals surface area (Å²) in [6, 6.07) is 7.68. The molecule has 19 heavy (non-hydrogen) atoms. The van der Waals surface area contributed by atoms with Gasteiger partial charge in [0.1, 0.15) is 0 Å². The molecule has 0 radical (unpaired) electrons. The molecule has 2 rings (SSSR count). The van der Waals surface area contributed by atoms with Gasteiger partial charge in [-0.1, -0.05) is 12.1 Å². The number of nitriles is 1. The van der Waals surface area contributed by atoms with Gasteiger partial charge in [-0.05, 0) is 43.0 Å². The largest absolute Gasteiger partial charge is 0.478 e. The standard InChI is InChI=1S/C15H18N2O2/c16-8-2-1-3-9-17-10-7-13-12(11-17)5-4-6-14(13)15(18)19/h4-6H,1-3,7,9-11H2,(H,18,19). The molecule has 1 aliphatic heterocycles. The van der Waals surface area contributed by atoms with Gasteiger partial charge in [0.15, 0.2) is 0 Å². The van der Waals surface area contributed by atoms with E-state index in [2.05, 4.69) is 11.0 Å². The Balaban J connectivity index is 1.99. The van der Waals surface area contributed by atoms with Crippen molar-refractivity contribution in [3.63, 3.8) is 0 Å². The van der Waals surface area contributed by atoms with Crippen molar-refractivity contribution >= 4 is 5.97 Å². The van der Waals surface area contributed by atoms with E-state index < -0.39 is 5.97 Å². The molecule has 0 amide bonds. The van der Waals surface area contributed by atoms with Crippen molar-refractivity contribution in [2.45, 2.75) is 32.2 Å². The quantitative estimate of drug-likeness (QED) is 0.824. The summed E-state index contributed by atoms with van der Waals surface area (Å²) < 4.78 is 0. The molecule has 0 unspecified atom stereocenters. The van der Waals surface area contributed by atoms with Gasteiger partial charge in [-0.25, -0.2) is 4.79 Å². The van der Waals surface area contributed by atoms with Crippen molar-refractivity contribution < 1.29 is 9.90 Å². The van der Waals surface area contributed by atoms with Gasteiger partial charge in [0.25, 0.3) is 0 Å². The number of unbranched alkanes of at least 4 members (excludes halogenated alkanes) is 2. The van der Waals surface area contributed by atoms with Crippen molar-refractivity contribution in [3.8, 4) is 6.07 Å². The van der Waals surface area contributed by atoms with E-state index in [4.69, 9.17) is 10.4 Å². The van der Waals surface area contributed by atoms with Gasteiger partial charge < -0.3 is 5.11 Å². The first-order valence-corrected chi connectivity index (χ1v) is 6.65. The van der Waals surface area contributed by atoms with E-state index in [9.17, 15) is 4.79 Å². The van der Waals surface area contributed by atoms with E-state index in [0.29, 0.717) is 12.0 Å². The molecule has 4 heteroatoms. The Morgan fingerprint density at radius 3 is 3.00 bits per heavy atom. The second-order valence-electron chi connectivity index (χ2n) is 4.89. The summed E-state index contributed by atoms with van der Waals surface area (Å²) in [7, 11) is 0. The van der Waals surface area contributed by atoms with Crippen LogP contribution in [0.2, 0.25) is 0 Å². The minimum atomic E-state index is -0.834. The highest BCUT2D eigenvalue weighted by Crippen LogP contribution is 2.22. The van der Waals surface area contributed by atoms with Crippen LogP contribution in [0.1, 0.15) is 40.7 Å². The lowest BCUT2D eigenvalue weighted by molar-refractivity contribution is 0.0694. The lowest BCUT2D eigenvalue weighted by Gasteiger charge is -2.29. The van der Waals surface area contributed by atoms with Gasteiger partial charge in [-0.15, -0.1) is 0 Å². The molecule has 1 heterocycles. The van der Waals surface area contributed by atoms with E-state index in [-0.39, 0.29) is 0 Å². The predicted octanol–water partition coefficient (Wildman–Crippen LogP) is 2.44. The topological polar surface area (TPSA) is 64.3 Å². The van der Waals surface area contributed by atoms with Crippen molar-refractivity contribution in [3.05, 3.63) is 34.9 Å². The number of hydrogen-bond donors (Lipinski definition) is 1. The van der Waals surface area contributed by atoms with E-state index in [0.717, 1.165) is 50.0 Å². The summed E-state index contributed by atoms with van der Waals surface area (Å²) in [5.41, 5.74) is 2.57. The Bertz CT molecular complexity index is 505. The Morgan fingerprint density at radius 2 is 2.26 bits per heavy atom. The van der Waals surface area contributed by atoms with Crippen LogP contribution in [0.3, 0.4) is 0 Å². The first-order valence-electron chi connectivity index (χ1n) is 6.65. The fourth-order valence-corrected chi connectivity index (χ4v) is 2.60. The molecule has 0 aliphatic carbocycles. The zero-order chi connectivity index (χ0) is 13.7. The van der Waals surface area contributed by atoms with Crippen molar-refractivity contribution in [2.75, 3.05) is 13.1 Å². The van der Waals surface area contributed by atoms with Crippen molar-refractivity contribution in [1.29, 1.82) is 5.26 Å². The third kappa shape index (κ3) is 3.33. The maximum absolute atomic E-state index is 11.2. The molecule has 0 aromatic heterocycles. The van der Waals surface area contributed by atoms with Gasteiger partial charge in [-0.3, -0.25) is 4.90 Å². The average Bonchev–Trinajstić information content (AvgIpc) is 2.42. The van der Waals surface area contributed by atoms with E-state index in [1.165, 1.54) is 0 Å². The second kappa shape index (κ2) is 6.35. The molecule has 0 atom stereocenters. The zero-order valence-electron chi connectivity index (χ0n) is 10.9. The highest BCUT2D eigenvalue weighted by molar-refractivity contribution is 5.89. The van der Waals surface area contributed by atoms with Crippen LogP contribution in [0.5, 0.6) is 0 Å². The number of nitrogens with zero attached hydrogens (tertiary/aromatic N) is 2. The van der Waals surface area contributed by atoms with Gasteiger partial charge in [0, 0.05) is 19.5 Å². The first-order chi connectivity index (χ1) is 9.22. The summed E-state index contributed by atoms with van der Waals surface area (Å²) >= 11 is 0. The molecule has 4 nitrogen and oxygen atoms in total. The molecule has 0 saturated carbocycles. The minimum Gasteiger partial charge on any atom is -0.478 e. The van der Waals surface area contributed by atoms with E-state index in [1.807, 2.05) is 12.1 Å². The predicted molar refractivity (Wildman–Crippen MR) is 71.8 cm³/mol. The second-order valence-corrected chi connectivity index (χ2v) is 4.89. The lowest BCUT2D eigenvalue weighted by Crippen LogP contribution is -2.32. The minimum absolute atomic E-state index is 0.446. The SMILES string of the molecule is N#CCCCCN1CCc2c(cccc2C(=O)O)C1. The number of benzene rings is 1. The summed E-state index contributed by atoms with van der Waals surface area (Å²) in [6.45, 7) is 2.71. The van der Waals surface area contributed by atoms with E-state index >= 15 is 0 Å². The average molecular weight is 258 g/mol. The Labute approximate surface area is 113 Å². The Hall–Kier alpha value is -1.86. The zero-order valence-corrected chi connectivity index (χ0v) is 10.9. The number of aromatic carboxylic acids is 1. The maximum atomic E-state index is 11.2. The molecule has 1 aromatic carbocycles. The Kier molecular flexibility index (Phi) is 4.53. The summed E-state index contributed by atoms with van der Waals surface area (Å²) in [5, 5.41) is 17.7. The molecule has 1 aliphatic rings. The van der Waals surface area contributed by atoms with Crippen LogP contribution in [0.4, 0.5) is 0 Å². The fourth-order valence-electron chi connectivity index (χ4n) is 2.60.